The zero-order valence-corrected chi connectivity index (χ0v) is 23.8. The van der Waals surface area contributed by atoms with Gasteiger partial charge in [-0.05, 0) is 91.3 Å². The largest absolute Gasteiger partial charge is 0.255 e. The Labute approximate surface area is 251 Å². The van der Waals surface area contributed by atoms with E-state index < -0.39 is 0 Å². The minimum absolute atomic E-state index is 0.875. The van der Waals surface area contributed by atoms with Gasteiger partial charge in [0, 0.05) is 18.0 Å². The smallest absolute Gasteiger partial charge is 0.0886 e. The predicted octanol–water partition coefficient (Wildman–Crippen LogP) is 10.9. The molecule has 0 aliphatic rings. The third kappa shape index (κ3) is 4.45. The van der Waals surface area contributed by atoms with Gasteiger partial charge in [-0.3, -0.25) is 9.97 Å². The molecule has 0 fully saturated rings. The van der Waals surface area contributed by atoms with Crippen LogP contribution in [0.1, 0.15) is 5.56 Å². The Kier molecular flexibility index (Phi) is 6.05. The Morgan fingerprint density at radius 1 is 0.395 bits per heavy atom. The summed E-state index contributed by atoms with van der Waals surface area (Å²) in [5, 5.41) is 7.58. The van der Waals surface area contributed by atoms with Crippen molar-refractivity contribution in [2.24, 2.45) is 0 Å². The third-order valence-corrected chi connectivity index (χ3v) is 8.41. The highest BCUT2D eigenvalue weighted by molar-refractivity contribution is 6.21. The first-order valence-electron chi connectivity index (χ1n) is 14.7. The van der Waals surface area contributed by atoms with Crippen molar-refractivity contribution in [2.75, 3.05) is 0 Å². The van der Waals surface area contributed by atoms with Crippen molar-refractivity contribution in [1.82, 2.24) is 9.97 Å². The quantitative estimate of drug-likeness (QED) is 0.204. The van der Waals surface area contributed by atoms with Crippen LogP contribution in [0.3, 0.4) is 0 Å². The summed E-state index contributed by atoms with van der Waals surface area (Å²) in [7, 11) is 0. The van der Waals surface area contributed by atoms with Gasteiger partial charge in [0.25, 0.3) is 0 Å². The van der Waals surface area contributed by atoms with Crippen LogP contribution in [-0.4, -0.2) is 9.97 Å². The van der Waals surface area contributed by atoms with Crippen LogP contribution in [0, 0.1) is 6.92 Å². The Balaban J connectivity index is 1.26. The van der Waals surface area contributed by atoms with Crippen molar-refractivity contribution in [3.8, 4) is 44.8 Å². The van der Waals surface area contributed by atoms with Gasteiger partial charge in [0.15, 0.2) is 0 Å². The van der Waals surface area contributed by atoms with E-state index >= 15 is 0 Å². The lowest BCUT2D eigenvalue weighted by Crippen LogP contribution is -1.91. The number of hydrogen-bond donors (Lipinski definition) is 0. The number of rotatable bonds is 4. The second-order valence-electron chi connectivity index (χ2n) is 11.1. The average Bonchev–Trinajstić information content (AvgIpc) is 3.07. The first-order valence-corrected chi connectivity index (χ1v) is 14.7. The third-order valence-electron chi connectivity index (χ3n) is 8.41. The minimum Gasteiger partial charge on any atom is -0.255 e. The molecule has 2 heterocycles. The van der Waals surface area contributed by atoms with Crippen LogP contribution in [0.25, 0.3) is 77.1 Å². The summed E-state index contributed by atoms with van der Waals surface area (Å²) in [4.78, 5) is 9.11. The van der Waals surface area contributed by atoms with Gasteiger partial charge in [-0.1, -0.05) is 121 Å². The molecule has 8 rings (SSSR count). The number of benzene rings is 6. The van der Waals surface area contributed by atoms with Crippen LogP contribution in [-0.2, 0) is 0 Å². The number of fused-ring (bicyclic) bond motifs is 3. The van der Waals surface area contributed by atoms with Gasteiger partial charge in [0.1, 0.15) is 0 Å². The highest BCUT2D eigenvalue weighted by Gasteiger charge is 2.17. The van der Waals surface area contributed by atoms with Crippen LogP contribution >= 0.6 is 0 Å². The number of aryl methyl sites for hydroxylation is 1. The summed E-state index contributed by atoms with van der Waals surface area (Å²) in [6.45, 7) is 2.15. The fourth-order valence-electron chi connectivity index (χ4n) is 6.33. The number of aromatic nitrogens is 2. The van der Waals surface area contributed by atoms with E-state index in [-0.39, 0.29) is 0 Å². The standard InChI is InChI=1S/C41H28N2/c1-27-13-14-31-25-32(20-19-30(31)24-27)41-36-10-4-2-8-34(36)40(35-9-3-5-11-37(35)41)29-17-15-28(16-18-29)33-21-22-39(43-26-33)38-12-6-7-23-42-38/h2-26H,1H3. The summed E-state index contributed by atoms with van der Waals surface area (Å²) in [5.41, 5.74) is 10.3. The van der Waals surface area contributed by atoms with E-state index in [4.69, 9.17) is 0 Å². The maximum Gasteiger partial charge on any atom is 0.0886 e. The van der Waals surface area contributed by atoms with E-state index in [2.05, 4.69) is 132 Å². The lowest BCUT2D eigenvalue weighted by molar-refractivity contribution is 1.25. The van der Waals surface area contributed by atoms with Gasteiger partial charge < -0.3 is 0 Å². The molecule has 8 aromatic rings. The molecule has 0 amide bonds. The Bertz CT molecular complexity index is 2210. The normalized spacial score (nSPS) is 11.4. The second-order valence-corrected chi connectivity index (χ2v) is 11.1. The molecule has 0 unspecified atom stereocenters. The van der Waals surface area contributed by atoms with Crippen molar-refractivity contribution in [2.45, 2.75) is 6.92 Å². The maximum atomic E-state index is 4.69. The van der Waals surface area contributed by atoms with Crippen molar-refractivity contribution >= 4 is 32.3 Å². The van der Waals surface area contributed by atoms with E-state index in [9.17, 15) is 0 Å². The lowest BCUT2D eigenvalue weighted by atomic mass is 9.85. The van der Waals surface area contributed by atoms with Crippen LogP contribution < -0.4 is 0 Å². The van der Waals surface area contributed by atoms with Gasteiger partial charge in [0.05, 0.1) is 11.4 Å². The highest BCUT2D eigenvalue weighted by Crippen LogP contribution is 2.44. The lowest BCUT2D eigenvalue weighted by Gasteiger charge is -2.18. The van der Waals surface area contributed by atoms with Crippen LogP contribution in [0.5, 0.6) is 0 Å². The zero-order chi connectivity index (χ0) is 28.8. The second kappa shape index (κ2) is 10.3. The zero-order valence-electron chi connectivity index (χ0n) is 23.8. The number of hydrogen-bond acceptors (Lipinski definition) is 2. The molecular weight excluding hydrogens is 520 g/mol. The molecule has 2 heteroatoms. The highest BCUT2D eigenvalue weighted by atomic mass is 14.8. The first-order chi connectivity index (χ1) is 21.2. The Hall–Kier alpha value is -5.60. The molecule has 0 aliphatic heterocycles. The van der Waals surface area contributed by atoms with E-state index in [1.165, 1.54) is 60.1 Å². The monoisotopic (exact) mass is 548 g/mol. The summed E-state index contributed by atoms with van der Waals surface area (Å²) in [5.74, 6) is 0. The topological polar surface area (TPSA) is 25.8 Å². The molecule has 0 spiro atoms. The van der Waals surface area contributed by atoms with E-state index in [1.54, 1.807) is 6.20 Å². The molecule has 2 nitrogen and oxygen atoms in total. The molecule has 6 aromatic carbocycles. The van der Waals surface area contributed by atoms with E-state index in [1.807, 2.05) is 30.5 Å². The summed E-state index contributed by atoms with van der Waals surface area (Å²) in [6, 6.07) is 50.2. The molecule has 0 saturated heterocycles. The van der Waals surface area contributed by atoms with Gasteiger partial charge in [0.2, 0.25) is 0 Å². The summed E-state index contributed by atoms with van der Waals surface area (Å²) < 4.78 is 0. The van der Waals surface area contributed by atoms with Gasteiger partial charge in [-0.25, -0.2) is 0 Å². The van der Waals surface area contributed by atoms with Crippen LogP contribution in [0.15, 0.2) is 152 Å². The molecule has 0 bridgehead atoms. The van der Waals surface area contributed by atoms with Crippen molar-refractivity contribution < 1.29 is 0 Å². The van der Waals surface area contributed by atoms with Crippen LogP contribution in [0.2, 0.25) is 0 Å². The van der Waals surface area contributed by atoms with Crippen molar-refractivity contribution in [1.29, 1.82) is 0 Å². The van der Waals surface area contributed by atoms with Gasteiger partial charge in [-0.2, -0.15) is 0 Å². The number of nitrogens with zero attached hydrogens (tertiary/aromatic N) is 2. The predicted molar refractivity (Wildman–Crippen MR) is 181 cm³/mol. The van der Waals surface area contributed by atoms with Crippen molar-refractivity contribution in [3.05, 3.63) is 157 Å². The molecule has 2 aromatic heterocycles. The SMILES string of the molecule is Cc1ccc2cc(-c3c4ccccc4c(-c4ccc(-c5ccc(-c6ccccn6)nc5)cc4)c4ccccc34)ccc2c1. The fourth-order valence-corrected chi connectivity index (χ4v) is 6.33. The Morgan fingerprint density at radius 3 is 1.56 bits per heavy atom. The molecule has 0 N–H and O–H groups in total. The molecular formula is C41H28N2. The van der Waals surface area contributed by atoms with Crippen molar-refractivity contribution in [3.63, 3.8) is 0 Å². The summed E-state index contributed by atoms with van der Waals surface area (Å²) >= 11 is 0. The van der Waals surface area contributed by atoms with Crippen LogP contribution in [0.4, 0.5) is 0 Å². The fraction of sp³-hybridized carbons (Fsp3) is 0.0244. The number of pyridine rings is 2. The molecule has 0 saturated carbocycles. The molecule has 0 radical (unpaired) electrons. The first kappa shape index (κ1) is 25.1. The molecule has 0 aliphatic carbocycles. The van der Waals surface area contributed by atoms with Gasteiger partial charge in [-0.15, -0.1) is 0 Å². The summed E-state index contributed by atoms with van der Waals surface area (Å²) in [6.07, 6.45) is 3.73. The molecule has 43 heavy (non-hydrogen) atoms. The van der Waals surface area contributed by atoms with E-state index in [0.717, 1.165) is 22.5 Å². The average molecular weight is 549 g/mol. The minimum atomic E-state index is 0.875. The maximum absolute atomic E-state index is 4.69. The Morgan fingerprint density at radius 2 is 0.930 bits per heavy atom. The van der Waals surface area contributed by atoms with E-state index in [0.29, 0.717) is 0 Å². The molecule has 202 valence electrons. The molecule has 0 atom stereocenters. The van der Waals surface area contributed by atoms with Gasteiger partial charge >= 0.3 is 0 Å².